The molecule has 5 heteroatoms. The molecule has 0 saturated carbocycles. The van der Waals surface area contributed by atoms with Crippen molar-refractivity contribution in [1.29, 1.82) is 0 Å². The van der Waals surface area contributed by atoms with Gasteiger partial charge in [0.05, 0.1) is 6.54 Å². The lowest BCUT2D eigenvalue weighted by atomic mass is 10.0. The van der Waals surface area contributed by atoms with Crippen molar-refractivity contribution < 1.29 is 13.9 Å². The van der Waals surface area contributed by atoms with Gasteiger partial charge in [0.15, 0.2) is 0 Å². The molecule has 1 aliphatic heterocycles. The van der Waals surface area contributed by atoms with Gasteiger partial charge in [0.2, 0.25) is 5.91 Å². The molecule has 2 aromatic carbocycles. The van der Waals surface area contributed by atoms with Gasteiger partial charge >= 0.3 is 0 Å². The zero-order valence-corrected chi connectivity index (χ0v) is 13.4. The summed E-state index contributed by atoms with van der Waals surface area (Å²) in [4.78, 5) is 11.8. The minimum atomic E-state index is -0.306. The summed E-state index contributed by atoms with van der Waals surface area (Å²) in [5, 5.41) is 5.82. The Hall–Kier alpha value is -2.40. The number of rotatable bonds is 6. The normalized spacial score (nSPS) is 16.1. The van der Waals surface area contributed by atoms with Crippen molar-refractivity contribution in [2.24, 2.45) is 0 Å². The maximum Gasteiger partial charge on any atom is 0.234 e. The Kier molecular flexibility index (Phi) is 5.43. The number of carbonyl (C=O) groups excluding carboxylic acids is 1. The number of amides is 1. The van der Waals surface area contributed by atoms with Crippen LogP contribution in [0.15, 0.2) is 48.5 Å². The summed E-state index contributed by atoms with van der Waals surface area (Å²) < 4.78 is 19.4. The molecule has 0 unspecified atom stereocenters. The average Bonchev–Trinajstić information content (AvgIpc) is 2.61. The number of hydrogen-bond donors (Lipinski definition) is 2. The summed E-state index contributed by atoms with van der Waals surface area (Å²) in [5.41, 5.74) is 1.72. The Bertz CT molecular complexity index is 705. The number of para-hydroxylation sites is 1. The minimum Gasteiger partial charge on any atom is -0.489 e. The van der Waals surface area contributed by atoms with Crippen molar-refractivity contribution in [1.82, 2.24) is 10.6 Å². The second-order valence-corrected chi connectivity index (χ2v) is 5.89. The lowest BCUT2D eigenvalue weighted by molar-refractivity contribution is -0.120. The standard InChI is InChI=1S/C19H21FN2O2/c20-17-7-3-1-6-15(17)11-22-19(23)13-21-12-16-10-9-14-5-2-4-8-18(14)24-16/h1-8,16,21H,9-13H2,(H,22,23)/t16-/m1/s1. The van der Waals surface area contributed by atoms with E-state index in [0.717, 1.165) is 18.6 Å². The highest BCUT2D eigenvalue weighted by molar-refractivity contribution is 5.77. The van der Waals surface area contributed by atoms with Crippen LogP contribution in [-0.4, -0.2) is 25.1 Å². The summed E-state index contributed by atoms with van der Waals surface area (Å²) >= 11 is 0. The smallest absolute Gasteiger partial charge is 0.234 e. The first kappa shape index (κ1) is 16.5. The topological polar surface area (TPSA) is 50.4 Å². The maximum atomic E-state index is 13.5. The summed E-state index contributed by atoms with van der Waals surface area (Å²) in [6.07, 6.45) is 1.99. The molecule has 0 spiro atoms. The van der Waals surface area contributed by atoms with Crippen LogP contribution in [0.4, 0.5) is 4.39 Å². The van der Waals surface area contributed by atoms with Gasteiger partial charge in [-0.05, 0) is 30.5 Å². The van der Waals surface area contributed by atoms with Crippen LogP contribution < -0.4 is 15.4 Å². The molecule has 24 heavy (non-hydrogen) atoms. The third kappa shape index (κ3) is 4.32. The molecule has 1 amide bonds. The van der Waals surface area contributed by atoms with E-state index in [2.05, 4.69) is 16.7 Å². The van der Waals surface area contributed by atoms with E-state index in [-0.39, 0.29) is 30.9 Å². The molecule has 3 rings (SSSR count). The highest BCUT2D eigenvalue weighted by Gasteiger charge is 2.19. The molecule has 1 heterocycles. The fourth-order valence-corrected chi connectivity index (χ4v) is 2.77. The number of fused-ring (bicyclic) bond motifs is 1. The van der Waals surface area contributed by atoms with Crippen molar-refractivity contribution in [3.8, 4) is 5.75 Å². The lowest BCUT2D eigenvalue weighted by Gasteiger charge is -2.26. The SMILES string of the molecule is O=C(CNC[C@H]1CCc2ccccc2O1)NCc1ccccc1F. The van der Waals surface area contributed by atoms with Gasteiger partial charge in [0.25, 0.3) is 0 Å². The van der Waals surface area contributed by atoms with Crippen LogP contribution in [0.25, 0.3) is 0 Å². The Labute approximate surface area is 141 Å². The molecule has 0 saturated heterocycles. The van der Waals surface area contributed by atoms with Gasteiger partial charge in [-0.1, -0.05) is 36.4 Å². The number of carbonyl (C=O) groups is 1. The Morgan fingerprint density at radius 2 is 1.96 bits per heavy atom. The van der Waals surface area contributed by atoms with Gasteiger partial charge in [-0.15, -0.1) is 0 Å². The lowest BCUT2D eigenvalue weighted by Crippen LogP contribution is -2.39. The molecular formula is C19H21FN2O2. The third-order valence-electron chi connectivity index (χ3n) is 4.09. The molecule has 0 fully saturated rings. The zero-order chi connectivity index (χ0) is 16.8. The van der Waals surface area contributed by atoms with E-state index in [9.17, 15) is 9.18 Å². The van der Waals surface area contributed by atoms with E-state index in [1.165, 1.54) is 11.6 Å². The maximum absolute atomic E-state index is 13.5. The number of nitrogens with one attached hydrogen (secondary N) is 2. The molecule has 126 valence electrons. The monoisotopic (exact) mass is 328 g/mol. The van der Waals surface area contributed by atoms with Crippen LogP contribution in [0.2, 0.25) is 0 Å². The second kappa shape index (κ2) is 7.93. The predicted octanol–water partition coefficient (Wildman–Crippen LogP) is 2.43. The molecule has 2 N–H and O–H groups in total. The highest BCUT2D eigenvalue weighted by Crippen LogP contribution is 2.26. The second-order valence-electron chi connectivity index (χ2n) is 5.89. The Morgan fingerprint density at radius 3 is 2.83 bits per heavy atom. The largest absolute Gasteiger partial charge is 0.489 e. The van der Waals surface area contributed by atoms with E-state index in [1.807, 2.05) is 18.2 Å². The van der Waals surface area contributed by atoms with Crippen molar-refractivity contribution in [2.75, 3.05) is 13.1 Å². The van der Waals surface area contributed by atoms with Crippen LogP contribution in [0.1, 0.15) is 17.5 Å². The van der Waals surface area contributed by atoms with Crippen molar-refractivity contribution in [3.05, 3.63) is 65.5 Å². The number of hydrogen-bond acceptors (Lipinski definition) is 3. The minimum absolute atomic E-state index is 0.0688. The Morgan fingerprint density at radius 1 is 1.17 bits per heavy atom. The fraction of sp³-hybridized carbons (Fsp3) is 0.316. The van der Waals surface area contributed by atoms with E-state index in [4.69, 9.17) is 4.74 Å². The first-order valence-electron chi connectivity index (χ1n) is 8.18. The molecule has 1 atom stereocenters. The van der Waals surface area contributed by atoms with Crippen molar-refractivity contribution in [2.45, 2.75) is 25.5 Å². The molecule has 0 aliphatic carbocycles. The Balaban J connectivity index is 1.38. The van der Waals surface area contributed by atoms with Crippen LogP contribution >= 0.6 is 0 Å². The first-order valence-corrected chi connectivity index (χ1v) is 8.18. The number of ether oxygens (including phenoxy) is 1. The molecule has 0 radical (unpaired) electrons. The quantitative estimate of drug-likeness (QED) is 0.856. The average molecular weight is 328 g/mol. The zero-order valence-electron chi connectivity index (χ0n) is 13.4. The van der Waals surface area contributed by atoms with Gasteiger partial charge < -0.3 is 15.4 Å². The molecule has 1 aliphatic rings. The van der Waals surface area contributed by atoms with Gasteiger partial charge in [-0.25, -0.2) is 4.39 Å². The van der Waals surface area contributed by atoms with Gasteiger partial charge in [0.1, 0.15) is 17.7 Å². The van der Waals surface area contributed by atoms with Crippen LogP contribution in [0.3, 0.4) is 0 Å². The van der Waals surface area contributed by atoms with E-state index >= 15 is 0 Å². The van der Waals surface area contributed by atoms with Crippen LogP contribution in [0, 0.1) is 5.82 Å². The van der Waals surface area contributed by atoms with E-state index in [0.29, 0.717) is 12.1 Å². The van der Waals surface area contributed by atoms with E-state index < -0.39 is 0 Å². The number of halogens is 1. The molecule has 4 nitrogen and oxygen atoms in total. The van der Waals surface area contributed by atoms with Crippen molar-refractivity contribution in [3.63, 3.8) is 0 Å². The van der Waals surface area contributed by atoms with Crippen LogP contribution in [-0.2, 0) is 17.8 Å². The summed E-state index contributed by atoms with van der Waals surface area (Å²) in [6, 6.07) is 14.5. The van der Waals surface area contributed by atoms with Gasteiger partial charge in [-0.2, -0.15) is 0 Å². The van der Waals surface area contributed by atoms with Crippen molar-refractivity contribution >= 4 is 5.91 Å². The third-order valence-corrected chi connectivity index (χ3v) is 4.09. The van der Waals surface area contributed by atoms with E-state index in [1.54, 1.807) is 18.2 Å². The number of benzene rings is 2. The summed E-state index contributed by atoms with van der Waals surface area (Å²) in [6.45, 7) is 0.998. The molecule has 2 aromatic rings. The van der Waals surface area contributed by atoms with Gasteiger partial charge in [0, 0.05) is 18.7 Å². The fourth-order valence-electron chi connectivity index (χ4n) is 2.77. The molecule has 0 bridgehead atoms. The first-order chi connectivity index (χ1) is 11.7. The number of aryl methyl sites for hydroxylation is 1. The molecule has 0 aromatic heterocycles. The summed E-state index contributed by atoms with van der Waals surface area (Å²) in [5.74, 6) is 0.467. The van der Waals surface area contributed by atoms with Crippen LogP contribution in [0.5, 0.6) is 5.75 Å². The summed E-state index contributed by atoms with van der Waals surface area (Å²) in [7, 11) is 0. The van der Waals surface area contributed by atoms with Gasteiger partial charge in [-0.3, -0.25) is 4.79 Å². The predicted molar refractivity (Wildman–Crippen MR) is 90.3 cm³/mol. The molecular weight excluding hydrogens is 307 g/mol. The highest BCUT2D eigenvalue weighted by atomic mass is 19.1.